The lowest BCUT2D eigenvalue weighted by Crippen LogP contribution is -2.36. The van der Waals surface area contributed by atoms with Crippen molar-refractivity contribution in [2.45, 2.75) is 26.4 Å². The van der Waals surface area contributed by atoms with Crippen molar-refractivity contribution in [3.05, 3.63) is 48.3 Å². The van der Waals surface area contributed by atoms with E-state index < -0.39 is 0 Å². The molecule has 0 aliphatic rings. The van der Waals surface area contributed by atoms with Gasteiger partial charge >= 0.3 is 0 Å². The zero-order valence-corrected chi connectivity index (χ0v) is 11.5. The lowest BCUT2D eigenvalue weighted by atomic mass is 10.1. The summed E-state index contributed by atoms with van der Waals surface area (Å²) < 4.78 is 1.84. The summed E-state index contributed by atoms with van der Waals surface area (Å²) in [6, 6.07) is 10.3. The zero-order valence-electron chi connectivity index (χ0n) is 11.5. The van der Waals surface area contributed by atoms with Crippen LogP contribution in [0.3, 0.4) is 0 Å². The van der Waals surface area contributed by atoms with Crippen LogP contribution in [0.2, 0.25) is 0 Å². The molecule has 0 saturated heterocycles. The molecule has 2 aromatic rings. The van der Waals surface area contributed by atoms with Crippen molar-refractivity contribution >= 4 is 0 Å². The first-order valence-electron chi connectivity index (χ1n) is 6.64. The molecule has 4 nitrogen and oxygen atoms in total. The highest BCUT2D eigenvalue weighted by Gasteiger charge is 2.10. The number of aromatic nitrogens is 2. The Morgan fingerprint density at radius 3 is 2.53 bits per heavy atom. The van der Waals surface area contributed by atoms with E-state index in [-0.39, 0.29) is 12.6 Å². The van der Waals surface area contributed by atoms with Crippen LogP contribution < -0.4 is 5.32 Å². The number of benzene rings is 1. The molecule has 0 bridgehead atoms. The van der Waals surface area contributed by atoms with Crippen LogP contribution in [0.1, 0.15) is 19.4 Å². The Labute approximate surface area is 114 Å². The molecule has 1 heterocycles. The fraction of sp³-hybridized carbons (Fsp3) is 0.400. The molecule has 0 fully saturated rings. The third-order valence-electron chi connectivity index (χ3n) is 3.28. The van der Waals surface area contributed by atoms with Gasteiger partial charge < -0.3 is 10.4 Å². The molecule has 0 aliphatic carbocycles. The van der Waals surface area contributed by atoms with E-state index in [9.17, 15) is 5.11 Å². The van der Waals surface area contributed by atoms with Gasteiger partial charge in [-0.25, -0.2) is 4.68 Å². The smallest absolute Gasteiger partial charge is 0.0645 e. The third-order valence-corrected chi connectivity index (χ3v) is 3.28. The van der Waals surface area contributed by atoms with Crippen LogP contribution >= 0.6 is 0 Å². The van der Waals surface area contributed by atoms with Crippen LogP contribution in [0.25, 0.3) is 5.69 Å². The predicted octanol–water partition coefficient (Wildman–Crippen LogP) is 1.98. The Balaban J connectivity index is 1.96. The second-order valence-electron chi connectivity index (χ2n) is 5.03. The summed E-state index contributed by atoms with van der Waals surface area (Å²) in [6.07, 6.45) is 3.69. The largest absolute Gasteiger partial charge is 0.395 e. The van der Waals surface area contributed by atoms with E-state index in [0.29, 0.717) is 5.92 Å². The van der Waals surface area contributed by atoms with Crippen molar-refractivity contribution in [3.63, 3.8) is 0 Å². The summed E-state index contributed by atoms with van der Waals surface area (Å²) in [5, 5.41) is 16.8. The molecule has 0 saturated carbocycles. The van der Waals surface area contributed by atoms with Crippen molar-refractivity contribution in [2.24, 2.45) is 5.92 Å². The zero-order chi connectivity index (χ0) is 13.7. The van der Waals surface area contributed by atoms with E-state index in [1.54, 1.807) is 6.20 Å². The minimum Gasteiger partial charge on any atom is -0.395 e. The summed E-state index contributed by atoms with van der Waals surface area (Å²) >= 11 is 0. The monoisotopic (exact) mass is 259 g/mol. The second kappa shape index (κ2) is 6.50. The Morgan fingerprint density at radius 2 is 2.00 bits per heavy atom. The van der Waals surface area contributed by atoms with Gasteiger partial charge in [0.05, 0.1) is 12.3 Å². The highest BCUT2D eigenvalue weighted by atomic mass is 16.3. The van der Waals surface area contributed by atoms with Crippen LogP contribution in [0.4, 0.5) is 0 Å². The minimum absolute atomic E-state index is 0.144. The Kier molecular flexibility index (Phi) is 4.71. The van der Waals surface area contributed by atoms with Gasteiger partial charge in [-0.2, -0.15) is 5.10 Å². The summed E-state index contributed by atoms with van der Waals surface area (Å²) in [5.74, 6) is 0.424. The van der Waals surface area contributed by atoms with Crippen molar-refractivity contribution in [1.82, 2.24) is 15.1 Å². The molecule has 0 amide bonds. The molecular weight excluding hydrogens is 238 g/mol. The predicted molar refractivity (Wildman–Crippen MR) is 76.1 cm³/mol. The van der Waals surface area contributed by atoms with Crippen LogP contribution in [0.5, 0.6) is 0 Å². The molecule has 2 N–H and O–H groups in total. The number of hydrogen-bond donors (Lipinski definition) is 2. The fourth-order valence-electron chi connectivity index (χ4n) is 1.95. The number of nitrogens with zero attached hydrogens (tertiary/aromatic N) is 2. The number of hydrogen-bond acceptors (Lipinski definition) is 3. The quantitative estimate of drug-likeness (QED) is 0.834. The molecule has 1 aromatic heterocycles. The SMILES string of the molecule is CC(C)[C@@H](CO)NCc1ccc(-n2cccn2)cc1. The van der Waals surface area contributed by atoms with Gasteiger partial charge in [-0.3, -0.25) is 0 Å². The minimum atomic E-state index is 0.144. The lowest BCUT2D eigenvalue weighted by molar-refractivity contribution is 0.210. The Morgan fingerprint density at radius 1 is 1.26 bits per heavy atom. The summed E-state index contributed by atoms with van der Waals surface area (Å²) in [4.78, 5) is 0. The number of rotatable bonds is 6. The maximum atomic E-state index is 9.27. The van der Waals surface area contributed by atoms with Gasteiger partial charge in [0.2, 0.25) is 0 Å². The maximum absolute atomic E-state index is 9.27. The van der Waals surface area contributed by atoms with Gasteiger partial charge in [0, 0.05) is 25.0 Å². The van der Waals surface area contributed by atoms with Gasteiger partial charge in [0.25, 0.3) is 0 Å². The molecular formula is C15H21N3O. The molecule has 19 heavy (non-hydrogen) atoms. The van der Waals surface area contributed by atoms with E-state index in [0.717, 1.165) is 12.2 Å². The summed E-state index contributed by atoms with van der Waals surface area (Å²) in [7, 11) is 0. The summed E-state index contributed by atoms with van der Waals surface area (Å²) in [5.41, 5.74) is 2.26. The molecule has 102 valence electrons. The molecule has 0 aliphatic heterocycles. The van der Waals surface area contributed by atoms with Crippen LogP contribution in [0.15, 0.2) is 42.7 Å². The van der Waals surface area contributed by atoms with Gasteiger partial charge in [-0.1, -0.05) is 26.0 Å². The Hall–Kier alpha value is -1.65. The molecule has 0 spiro atoms. The average Bonchev–Trinajstić information content (AvgIpc) is 2.94. The first-order valence-corrected chi connectivity index (χ1v) is 6.64. The van der Waals surface area contributed by atoms with Crippen LogP contribution in [-0.2, 0) is 6.54 Å². The van der Waals surface area contributed by atoms with E-state index in [1.165, 1.54) is 5.56 Å². The fourth-order valence-corrected chi connectivity index (χ4v) is 1.95. The van der Waals surface area contributed by atoms with Crippen molar-refractivity contribution < 1.29 is 5.11 Å². The molecule has 2 rings (SSSR count). The molecule has 0 unspecified atom stereocenters. The average molecular weight is 259 g/mol. The number of aliphatic hydroxyl groups excluding tert-OH is 1. The van der Waals surface area contributed by atoms with E-state index in [1.807, 2.05) is 29.1 Å². The van der Waals surface area contributed by atoms with Crippen molar-refractivity contribution in [2.75, 3.05) is 6.61 Å². The van der Waals surface area contributed by atoms with E-state index in [4.69, 9.17) is 0 Å². The van der Waals surface area contributed by atoms with Gasteiger partial charge in [-0.05, 0) is 29.7 Å². The molecule has 4 heteroatoms. The van der Waals surface area contributed by atoms with E-state index in [2.05, 4.69) is 36.4 Å². The van der Waals surface area contributed by atoms with Crippen LogP contribution in [-0.4, -0.2) is 27.5 Å². The van der Waals surface area contributed by atoms with Gasteiger partial charge in [0.15, 0.2) is 0 Å². The Bertz CT molecular complexity index is 477. The van der Waals surface area contributed by atoms with E-state index >= 15 is 0 Å². The maximum Gasteiger partial charge on any atom is 0.0645 e. The number of nitrogens with one attached hydrogen (secondary N) is 1. The van der Waals surface area contributed by atoms with Crippen molar-refractivity contribution in [1.29, 1.82) is 0 Å². The third kappa shape index (κ3) is 3.66. The topological polar surface area (TPSA) is 50.1 Å². The first kappa shape index (κ1) is 13.8. The normalized spacial score (nSPS) is 12.8. The first-order chi connectivity index (χ1) is 9.20. The lowest BCUT2D eigenvalue weighted by Gasteiger charge is -2.20. The van der Waals surface area contributed by atoms with Crippen molar-refractivity contribution in [3.8, 4) is 5.69 Å². The molecule has 1 aromatic carbocycles. The number of aliphatic hydroxyl groups is 1. The van der Waals surface area contributed by atoms with Gasteiger partial charge in [-0.15, -0.1) is 0 Å². The standard InChI is InChI=1S/C15H21N3O/c1-12(2)15(11-19)16-10-13-4-6-14(7-5-13)18-9-3-8-17-18/h3-9,12,15-16,19H,10-11H2,1-2H3/t15-/m1/s1. The van der Waals surface area contributed by atoms with Crippen LogP contribution in [0, 0.1) is 5.92 Å². The molecule has 0 radical (unpaired) electrons. The summed E-state index contributed by atoms with van der Waals surface area (Å²) in [6.45, 7) is 5.15. The highest BCUT2D eigenvalue weighted by molar-refractivity contribution is 5.33. The van der Waals surface area contributed by atoms with Gasteiger partial charge in [0.1, 0.15) is 0 Å². The highest BCUT2D eigenvalue weighted by Crippen LogP contribution is 2.09. The molecule has 1 atom stereocenters. The second-order valence-corrected chi connectivity index (χ2v) is 5.03.